The zero-order valence-electron chi connectivity index (χ0n) is 12.5. The molecule has 2 N–H and O–H groups in total. The Morgan fingerprint density at radius 2 is 2.05 bits per heavy atom. The fraction of sp³-hybridized carbons (Fsp3) is 0.562. The topological polar surface area (TPSA) is 44.4 Å². The largest absolute Gasteiger partial charge is 0.326 e. The van der Waals surface area contributed by atoms with Gasteiger partial charge in [-0.25, -0.2) is 0 Å². The summed E-state index contributed by atoms with van der Waals surface area (Å²) in [5.74, 6) is -0.0251. The molecule has 1 saturated heterocycles. The standard InChI is InChI=1S/C16H25N3O/c1-13(20)18-15-8-6-14(7-9-15)12-19-10-4-3-5-16(19)11-17-2/h6-9,16-17H,3-5,10-12H2,1-2H3,(H,18,20). The Hall–Kier alpha value is -1.39. The number of hydrogen-bond acceptors (Lipinski definition) is 3. The van der Waals surface area contributed by atoms with E-state index in [1.165, 1.54) is 38.3 Å². The van der Waals surface area contributed by atoms with Crippen molar-refractivity contribution in [3.8, 4) is 0 Å². The summed E-state index contributed by atoms with van der Waals surface area (Å²) in [6, 6.07) is 8.82. The number of benzene rings is 1. The van der Waals surface area contributed by atoms with Crippen LogP contribution >= 0.6 is 0 Å². The van der Waals surface area contributed by atoms with Crippen LogP contribution in [0.25, 0.3) is 0 Å². The minimum Gasteiger partial charge on any atom is -0.326 e. The van der Waals surface area contributed by atoms with Gasteiger partial charge in [0, 0.05) is 31.7 Å². The lowest BCUT2D eigenvalue weighted by Gasteiger charge is -2.35. The number of nitrogens with one attached hydrogen (secondary N) is 2. The lowest BCUT2D eigenvalue weighted by Crippen LogP contribution is -2.44. The van der Waals surface area contributed by atoms with E-state index in [0.717, 1.165) is 18.8 Å². The number of rotatable bonds is 5. The van der Waals surface area contributed by atoms with Crippen LogP contribution < -0.4 is 10.6 Å². The molecule has 0 aliphatic carbocycles. The van der Waals surface area contributed by atoms with Crippen molar-refractivity contribution in [3.05, 3.63) is 29.8 Å². The number of amides is 1. The zero-order valence-corrected chi connectivity index (χ0v) is 12.5. The van der Waals surface area contributed by atoms with Crippen LogP contribution in [-0.2, 0) is 11.3 Å². The molecular formula is C16H25N3O. The van der Waals surface area contributed by atoms with E-state index in [1.54, 1.807) is 0 Å². The maximum atomic E-state index is 11.0. The minimum atomic E-state index is -0.0251. The molecule has 110 valence electrons. The number of likely N-dealkylation sites (N-methyl/N-ethyl adjacent to an activating group) is 1. The van der Waals surface area contributed by atoms with E-state index in [0.29, 0.717) is 6.04 Å². The summed E-state index contributed by atoms with van der Waals surface area (Å²) in [5.41, 5.74) is 2.17. The van der Waals surface area contributed by atoms with Crippen LogP contribution in [0.2, 0.25) is 0 Å². The van der Waals surface area contributed by atoms with E-state index in [9.17, 15) is 4.79 Å². The molecule has 1 heterocycles. The predicted octanol–water partition coefficient (Wildman–Crippen LogP) is 2.22. The Morgan fingerprint density at radius 3 is 2.70 bits per heavy atom. The van der Waals surface area contributed by atoms with Gasteiger partial charge in [-0.15, -0.1) is 0 Å². The zero-order chi connectivity index (χ0) is 14.4. The molecule has 0 spiro atoms. The Balaban J connectivity index is 1.95. The number of likely N-dealkylation sites (tertiary alicyclic amines) is 1. The molecule has 1 atom stereocenters. The summed E-state index contributed by atoms with van der Waals surface area (Å²) in [5, 5.41) is 6.10. The molecule has 1 aromatic rings. The first-order valence-electron chi connectivity index (χ1n) is 7.44. The third kappa shape index (κ3) is 4.32. The first-order valence-corrected chi connectivity index (χ1v) is 7.44. The van der Waals surface area contributed by atoms with Crippen LogP contribution in [0.5, 0.6) is 0 Å². The summed E-state index contributed by atoms with van der Waals surface area (Å²) >= 11 is 0. The minimum absolute atomic E-state index is 0.0251. The summed E-state index contributed by atoms with van der Waals surface area (Å²) < 4.78 is 0. The SMILES string of the molecule is CNCC1CCCCN1Cc1ccc(NC(C)=O)cc1. The van der Waals surface area contributed by atoms with E-state index in [-0.39, 0.29) is 5.91 Å². The fourth-order valence-electron chi connectivity index (χ4n) is 2.87. The molecule has 0 radical (unpaired) electrons. The van der Waals surface area contributed by atoms with E-state index in [4.69, 9.17) is 0 Å². The third-order valence-electron chi connectivity index (χ3n) is 3.85. The van der Waals surface area contributed by atoms with Gasteiger partial charge in [-0.05, 0) is 44.1 Å². The molecule has 1 amide bonds. The smallest absolute Gasteiger partial charge is 0.221 e. The van der Waals surface area contributed by atoms with Gasteiger partial charge in [-0.3, -0.25) is 9.69 Å². The van der Waals surface area contributed by atoms with Gasteiger partial charge in [0.05, 0.1) is 0 Å². The van der Waals surface area contributed by atoms with Gasteiger partial charge >= 0.3 is 0 Å². The Morgan fingerprint density at radius 1 is 1.30 bits per heavy atom. The lowest BCUT2D eigenvalue weighted by atomic mass is 10.0. The summed E-state index contributed by atoms with van der Waals surface area (Å²) in [6.07, 6.45) is 3.92. The molecule has 1 aliphatic rings. The molecule has 0 saturated carbocycles. The Kier molecular flexibility index (Phi) is 5.56. The van der Waals surface area contributed by atoms with Gasteiger partial charge in [0.2, 0.25) is 5.91 Å². The highest BCUT2D eigenvalue weighted by Gasteiger charge is 2.21. The molecule has 0 aromatic heterocycles. The van der Waals surface area contributed by atoms with E-state index in [1.807, 2.05) is 19.2 Å². The van der Waals surface area contributed by atoms with Crippen LogP contribution in [-0.4, -0.2) is 37.0 Å². The van der Waals surface area contributed by atoms with Gasteiger partial charge in [-0.1, -0.05) is 18.6 Å². The van der Waals surface area contributed by atoms with Crippen molar-refractivity contribution in [2.75, 3.05) is 25.5 Å². The number of carbonyl (C=O) groups excluding carboxylic acids is 1. The second kappa shape index (κ2) is 7.41. The maximum Gasteiger partial charge on any atom is 0.221 e. The van der Waals surface area contributed by atoms with Crippen LogP contribution in [0, 0.1) is 0 Å². The first kappa shape index (κ1) is 15.0. The molecular weight excluding hydrogens is 250 g/mol. The number of anilines is 1. The van der Waals surface area contributed by atoms with Gasteiger partial charge in [-0.2, -0.15) is 0 Å². The summed E-state index contributed by atoms with van der Waals surface area (Å²) in [6.45, 7) is 4.76. The maximum absolute atomic E-state index is 11.0. The van der Waals surface area contributed by atoms with Crippen molar-refractivity contribution in [1.29, 1.82) is 0 Å². The second-order valence-electron chi connectivity index (χ2n) is 5.56. The molecule has 0 bridgehead atoms. The van der Waals surface area contributed by atoms with Crippen molar-refractivity contribution >= 4 is 11.6 Å². The van der Waals surface area contributed by atoms with E-state index >= 15 is 0 Å². The van der Waals surface area contributed by atoms with Gasteiger partial charge < -0.3 is 10.6 Å². The monoisotopic (exact) mass is 275 g/mol. The van der Waals surface area contributed by atoms with Crippen LogP contribution in [0.1, 0.15) is 31.7 Å². The highest BCUT2D eigenvalue weighted by atomic mass is 16.1. The molecule has 2 rings (SSSR count). The summed E-state index contributed by atoms with van der Waals surface area (Å²) in [7, 11) is 2.02. The Labute approximate surface area is 121 Å². The van der Waals surface area contributed by atoms with Crippen molar-refractivity contribution in [2.45, 2.75) is 38.8 Å². The summed E-state index contributed by atoms with van der Waals surface area (Å²) in [4.78, 5) is 13.6. The number of hydrogen-bond donors (Lipinski definition) is 2. The van der Waals surface area contributed by atoms with Crippen LogP contribution in [0.15, 0.2) is 24.3 Å². The van der Waals surface area contributed by atoms with E-state index < -0.39 is 0 Å². The number of piperidine rings is 1. The van der Waals surface area contributed by atoms with Crippen molar-refractivity contribution < 1.29 is 4.79 Å². The van der Waals surface area contributed by atoms with Crippen LogP contribution in [0.4, 0.5) is 5.69 Å². The normalized spacial score (nSPS) is 19.8. The average molecular weight is 275 g/mol. The molecule has 1 fully saturated rings. The lowest BCUT2D eigenvalue weighted by molar-refractivity contribution is -0.114. The quantitative estimate of drug-likeness (QED) is 0.866. The van der Waals surface area contributed by atoms with Crippen molar-refractivity contribution in [3.63, 3.8) is 0 Å². The van der Waals surface area contributed by atoms with Gasteiger partial charge in [0.1, 0.15) is 0 Å². The predicted molar refractivity (Wildman–Crippen MR) is 82.7 cm³/mol. The fourth-order valence-corrected chi connectivity index (χ4v) is 2.87. The highest BCUT2D eigenvalue weighted by Crippen LogP contribution is 2.20. The average Bonchev–Trinajstić information content (AvgIpc) is 2.43. The molecule has 4 heteroatoms. The Bertz CT molecular complexity index is 428. The van der Waals surface area contributed by atoms with Crippen LogP contribution in [0.3, 0.4) is 0 Å². The molecule has 1 aliphatic heterocycles. The second-order valence-corrected chi connectivity index (χ2v) is 5.56. The van der Waals surface area contributed by atoms with Gasteiger partial charge in [0.25, 0.3) is 0 Å². The van der Waals surface area contributed by atoms with Crippen molar-refractivity contribution in [1.82, 2.24) is 10.2 Å². The third-order valence-corrected chi connectivity index (χ3v) is 3.85. The first-order chi connectivity index (χ1) is 9.69. The molecule has 1 aromatic carbocycles. The molecule has 4 nitrogen and oxygen atoms in total. The van der Waals surface area contributed by atoms with E-state index in [2.05, 4.69) is 27.7 Å². The number of nitrogens with zero attached hydrogens (tertiary/aromatic N) is 1. The molecule has 1 unspecified atom stereocenters. The molecule has 20 heavy (non-hydrogen) atoms. The highest BCUT2D eigenvalue weighted by molar-refractivity contribution is 5.88. The van der Waals surface area contributed by atoms with Gasteiger partial charge in [0.15, 0.2) is 0 Å². The van der Waals surface area contributed by atoms with Crippen molar-refractivity contribution in [2.24, 2.45) is 0 Å². The number of carbonyl (C=O) groups is 1.